The summed E-state index contributed by atoms with van der Waals surface area (Å²) in [5.41, 5.74) is 3.11. The Bertz CT molecular complexity index is 1090. The Balaban J connectivity index is 1.46. The summed E-state index contributed by atoms with van der Waals surface area (Å²) in [4.78, 5) is 11.2. The first-order valence-electron chi connectivity index (χ1n) is 9.56. The fraction of sp³-hybridized carbons (Fsp3) is 0.333. The van der Waals surface area contributed by atoms with Crippen molar-refractivity contribution in [2.75, 3.05) is 37.9 Å². The zero-order chi connectivity index (χ0) is 20.3. The van der Waals surface area contributed by atoms with Crippen molar-refractivity contribution < 1.29 is 13.2 Å². The summed E-state index contributed by atoms with van der Waals surface area (Å²) in [7, 11) is -3.29. The Morgan fingerprint density at radius 1 is 1.03 bits per heavy atom. The SMILES string of the molecule is CS(=O)(=O)c1ccc2ncnc(NCc3ccc(CN4CCOCC4)cc3)c2c1. The third-order valence-electron chi connectivity index (χ3n) is 5.03. The maximum absolute atomic E-state index is 11.9. The van der Waals surface area contributed by atoms with Crippen LogP contribution >= 0.6 is 0 Å². The molecule has 1 aliphatic heterocycles. The van der Waals surface area contributed by atoms with E-state index in [0.29, 0.717) is 23.3 Å². The quantitative estimate of drug-likeness (QED) is 0.666. The van der Waals surface area contributed by atoms with E-state index in [0.717, 1.165) is 38.4 Å². The van der Waals surface area contributed by atoms with E-state index in [2.05, 4.69) is 44.5 Å². The Kier molecular flexibility index (Phi) is 5.75. The van der Waals surface area contributed by atoms with Crippen molar-refractivity contribution >= 4 is 26.6 Å². The molecule has 8 heteroatoms. The zero-order valence-corrected chi connectivity index (χ0v) is 17.2. The third kappa shape index (κ3) is 4.90. The van der Waals surface area contributed by atoms with Crippen LogP contribution in [0.3, 0.4) is 0 Å². The van der Waals surface area contributed by atoms with E-state index in [-0.39, 0.29) is 4.90 Å². The molecule has 29 heavy (non-hydrogen) atoms. The highest BCUT2D eigenvalue weighted by Crippen LogP contribution is 2.23. The fourth-order valence-electron chi connectivity index (χ4n) is 3.37. The Morgan fingerprint density at radius 2 is 1.76 bits per heavy atom. The molecular weight excluding hydrogens is 388 g/mol. The molecule has 0 saturated carbocycles. The van der Waals surface area contributed by atoms with E-state index < -0.39 is 9.84 Å². The lowest BCUT2D eigenvalue weighted by Gasteiger charge is -2.26. The minimum atomic E-state index is -3.29. The maximum Gasteiger partial charge on any atom is 0.175 e. The number of fused-ring (bicyclic) bond motifs is 1. The second kappa shape index (κ2) is 8.44. The number of rotatable bonds is 6. The van der Waals surface area contributed by atoms with Gasteiger partial charge in [-0.15, -0.1) is 0 Å². The van der Waals surface area contributed by atoms with Gasteiger partial charge in [0.25, 0.3) is 0 Å². The molecule has 2 aromatic carbocycles. The smallest absolute Gasteiger partial charge is 0.175 e. The molecule has 1 N–H and O–H groups in total. The van der Waals surface area contributed by atoms with Crippen molar-refractivity contribution in [3.63, 3.8) is 0 Å². The van der Waals surface area contributed by atoms with Crippen molar-refractivity contribution in [2.24, 2.45) is 0 Å². The van der Waals surface area contributed by atoms with E-state index in [4.69, 9.17) is 4.74 Å². The molecule has 0 radical (unpaired) electrons. The highest BCUT2D eigenvalue weighted by molar-refractivity contribution is 7.90. The first-order valence-corrected chi connectivity index (χ1v) is 11.4. The zero-order valence-electron chi connectivity index (χ0n) is 16.3. The van der Waals surface area contributed by atoms with Crippen molar-refractivity contribution in [1.82, 2.24) is 14.9 Å². The predicted molar refractivity (Wildman–Crippen MR) is 113 cm³/mol. The van der Waals surface area contributed by atoms with Crippen molar-refractivity contribution in [1.29, 1.82) is 0 Å². The molecule has 0 aliphatic carbocycles. The summed E-state index contributed by atoms with van der Waals surface area (Å²) in [6.45, 7) is 5.07. The van der Waals surface area contributed by atoms with Crippen LogP contribution in [0.15, 0.2) is 53.7 Å². The molecule has 0 atom stereocenters. The summed E-state index contributed by atoms with van der Waals surface area (Å²) < 4.78 is 29.1. The summed E-state index contributed by atoms with van der Waals surface area (Å²) in [5.74, 6) is 0.623. The average molecular weight is 413 g/mol. The summed E-state index contributed by atoms with van der Waals surface area (Å²) in [5, 5.41) is 4.00. The van der Waals surface area contributed by atoms with E-state index >= 15 is 0 Å². The summed E-state index contributed by atoms with van der Waals surface area (Å²) in [6.07, 6.45) is 2.68. The monoisotopic (exact) mass is 412 g/mol. The van der Waals surface area contributed by atoms with E-state index in [9.17, 15) is 8.42 Å². The van der Waals surface area contributed by atoms with Gasteiger partial charge in [-0.2, -0.15) is 0 Å². The highest BCUT2D eigenvalue weighted by atomic mass is 32.2. The van der Waals surface area contributed by atoms with Gasteiger partial charge in [0.05, 0.1) is 23.6 Å². The number of ether oxygens (including phenoxy) is 1. The molecule has 0 unspecified atom stereocenters. The molecule has 0 spiro atoms. The number of morpholine rings is 1. The Hall–Kier alpha value is -2.55. The van der Waals surface area contributed by atoms with Gasteiger partial charge in [-0.25, -0.2) is 18.4 Å². The minimum Gasteiger partial charge on any atom is -0.379 e. The molecule has 3 aromatic rings. The average Bonchev–Trinajstić information content (AvgIpc) is 2.73. The van der Waals surface area contributed by atoms with Crippen molar-refractivity contribution in [3.8, 4) is 0 Å². The minimum absolute atomic E-state index is 0.260. The lowest BCUT2D eigenvalue weighted by molar-refractivity contribution is 0.0342. The van der Waals surface area contributed by atoms with Crippen LogP contribution in [0.2, 0.25) is 0 Å². The van der Waals surface area contributed by atoms with Gasteiger partial charge in [0.15, 0.2) is 9.84 Å². The Labute approximate surface area is 170 Å². The van der Waals surface area contributed by atoms with Gasteiger partial charge in [0.2, 0.25) is 0 Å². The molecular formula is C21H24N4O3S. The second-order valence-electron chi connectivity index (χ2n) is 7.23. The van der Waals surface area contributed by atoms with Gasteiger partial charge in [0.1, 0.15) is 12.1 Å². The number of anilines is 1. The molecule has 0 amide bonds. The lowest BCUT2D eigenvalue weighted by Crippen LogP contribution is -2.35. The van der Waals surface area contributed by atoms with E-state index in [1.54, 1.807) is 18.2 Å². The van der Waals surface area contributed by atoms with Gasteiger partial charge >= 0.3 is 0 Å². The second-order valence-corrected chi connectivity index (χ2v) is 9.25. The third-order valence-corrected chi connectivity index (χ3v) is 6.14. The van der Waals surface area contributed by atoms with Crippen LogP contribution in [0.1, 0.15) is 11.1 Å². The van der Waals surface area contributed by atoms with Gasteiger partial charge in [-0.3, -0.25) is 4.90 Å². The number of aromatic nitrogens is 2. The van der Waals surface area contributed by atoms with Gasteiger partial charge in [0, 0.05) is 37.8 Å². The molecule has 152 valence electrons. The van der Waals surface area contributed by atoms with E-state index in [1.807, 2.05) is 0 Å². The lowest BCUT2D eigenvalue weighted by atomic mass is 10.1. The molecule has 2 heterocycles. The van der Waals surface area contributed by atoms with Crippen LogP contribution in [-0.2, 0) is 27.7 Å². The molecule has 0 bridgehead atoms. The molecule has 1 aliphatic rings. The number of nitrogens with zero attached hydrogens (tertiary/aromatic N) is 3. The van der Waals surface area contributed by atoms with Crippen LogP contribution in [0, 0.1) is 0 Å². The first kappa shape index (κ1) is 19.8. The predicted octanol–water partition coefficient (Wildman–Crippen LogP) is 2.48. The molecule has 1 saturated heterocycles. The van der Waals surface area contributed by atoms with Gasteiger partial charge in [-0.1, -0.05) is 24.3 Å². The van der Waals surface area contributed by atoms with Gasteiger partial charge in [-0.05, 0) is 29.3 Å². The fourth-order valence-corrected chi connectivity index (χ4v) is 4.02. The number of hydrogen-bond donors (Lipinski definition) is 1. The van der Waals surface area contributed by atoms with Gasteiger partial charge < -0.3 is 10.1 Å². The molecule has 1 fully saturated rings. The van der Waals surface area contributed by atoms with Crippen LogP contribution < -0.4 is 5.32 Å². The summed E-state index contributed by atoms with van der Waals surface area (Å²) >= 11 is 0. The summed E-state index contributed by atoms with van der Waals surface area (Å²) in [6, 6.07) is 13.4. The molecule has 4 rings (SSSR count). The first-order chi connectivity index (χ1) is 14.0. The molecule has 1 aromatic heterocycles. The normalized spacial score (nSPS) is 15.5. The van der Waals surface area contributed by atoms with Crippen LogP contribution in [0.4, 0.5) is 5.82 Å². The number of nitrogens with one attached hydrogen (secondary N) is 1. The standard InChI is InChI=1S/C21H24N4O3S/c1-29(26,27)18-6-7-20-19(12-18)21(24-15-23-20)22-13-16-2-4-17(5-3-16)14-25-8-10-28-11-9-25/h2-7,12,15H,8-11,13-14H2,1H3,(H,22,23,24). The van der Waals surface area contributed by atoms with Crippen LogP contribution in [0.25, 0.3) is 10.9 Å². The number of hydrogen-bond acceptors (Lipinski definition) is 7. The van der Waals surface area contributed by atoms with Crippen LogP contribution in [-0.4, -0.2) is 55.8 Å². The number of sulfone groups is 1. The Morgan fingerprint density at radius 3 is 2.48 bits per heavy atom. The van der Waals surface area contributed by atoms with E-state index in [1.165, 1.54) is 18.1 Å². The largest absolute Gasteiger partial charge is 0.379 e. The van der Waals surface area contributed by atoms with Crippen molar-refractivity contribution in [3.05, 3.63) is 59.9 Å². The maximum atomic E-state index is 11.9. The highest BCUT2D eigenvalue weighted by Gasteiger charge is 2.12. The van der Waals surface area contributed by atoms with Crippen LogP contribution in [0.5, 0.6) is 0 Å². The topological polar surface area (TPSA) is 84.4 Å². The number of benzene rings is 2. The molecule has 7 nitrogen and oxygen atoms in total. The van der Waals surface area contributed by atoms with Crippen molar-refractivity contribution in [2.45, 2.75) is 18.0 Å².